The number of carbonyl (C=O) groups excluding carboxylic acids is 1. The molecule has 0 heterocycles. The lowest BCUT2D eigenvalue weighted by atomic mass is 9.83. The molecule has 0 aliphatic carbocycles. The van der Waals surface area contributed by atoms with Crippen LogP contribution in [-0.4, -0.2) is 12.3 Å². The van der Waals surface area contributed by atoms with Gasteiger partial charge >= 0.3 is 6.18 Å². The van der Waals surface area contributed by atoms with Gasteiger partial charge in [-0.25, -0.2) is 0 Å². The molecule has 27 heavy (non-hydrogen) atoms. The first kappa shape index (κ1) is 20.9. The molecule has 2 unspecified atom stereocenters. The minimum absolute atomic E-state index is 0.102. The molecule has 2 atom stereocenters. The van der Waals surface area contributed by atoms with E-state index >= 15 is 0 Å². The highest BCUT2D eigenvalue weighted by atomic mass is 19.4. The summed E-state index contributed by atoms with van der Waals surface area (Å²) in [6.07, 6.45) is -3.99. The standard InChI is InChI=1S/C20H22F3NO3/c1-11(19(2,3)4)24-16-15(17(26)18(16)27)14(9-10-25)12-5-7-13(8-6-12)20(21,22)23/h5-8,10-11,14,24H,9H2,1-4H3. The van der Waals surface area contributed by atoms with Gasteiger partial charge in [-0.05, 0) is 30.0 Å². The monoisotopic (exact) mass is 381 g/mol. The number of benzene rings is 1. The van der Waals surface area contributed by atoms with E-state index in [0.717, 1.165) is 12.1 Å². The second-order valence-electron chi connectivity index (χ2n) is 7.75. The maximum atomic E-state index is 12.8. The minimum Gasteiger partial charge on any atom is -0.378 e. The zero-order valence-corrected chi connectivity index (χ0v) is 15.6. The van der Waals surface area contributed by atoms with Crippen LogP contribution in [0.4, 0.5) is 18.9 Å². The molecular weight excluding hydrogens is 359 g/mol. The summed E-state index contributed by atoms with van der Waals surface area (Å²) >= 11 is 0. The van der Waals surface area contributed by atoms with Crippen LogP contribution in [0.15, 0.2) is 33.9 Å². The molecule has 0 aliphatic rings. The topological polar surface area (TPSA) is 63.2 Å². The molecule has 2 aromatic rings. The summed E-state index contributed by atoms with van der Waals surface area (Å²) in [6.45, 7) is 7.77. The van der Waals surface area contributed by atoms with Crippen LogP contribution in [0.25, 0.3) is 0 Å². The molecule has 0 bridgehead atoms. The van der Waals surface area contributed by atoms with Crippen molar-refractivity contribution in [1.29, 1.82) is 0 Å². The summed E-state index contributed by atoms with van der Waals surface area (Å²) in [5, 5.41) is 3.04. The van der Waals surface area contributed by atoms with Gasteiger partial charge in [0.2, 0.25) is 10.9 Å². The van der Waals surface area contributed by atoms with Crippen LogP contribution < -0.4 is 16.2 Å². The minimum atomic E-state index is -4.48. The lowest BCUT2D eigenvalue weighted by molar-refractivity contribution is -0.137. The van der Waals surface area contributed by atoms with E-state index in [1.165, 1.54) is 12.1 Å². The first-order valence-electron chi connectivity index (χ1n) is 8.58. The SMILES string of the molecule is CC(Nc1c(C(CC=O)c2ccc(C(F)(F)F)cc2)c(=O)c1=O)C(C)(C)C. The van der Waals surface area contributed by atoms with Gasteiger partial charge in [-0.3, -0.25) is 9.59 Å². The lowest BCUT2D eigenvalue weighted by Gasteiger charge is -2.31. The van der Waals surface area contributed by atoms with Gasteiger partial charge in [-0.2, -0.15) is 13.2 Å². The zero-order valence-electron chi connectivity index (χ0n) is 15.6. The van der Waals surface area contributed by atoms with Crippen molar-refractivity contribution in [2.24, 2.45) is 5.41 Å². The summed E-state index contributed by atoms with van der Waals surface area (Å²) in [5.41, 5.74) is -1.69. The van der Waals surface area contributed by atoms with Gasteiger partial charge in [-0.15, -0.1) is 0 Å². The Morgan fingerprint density at radius 1 is 1.04 bits per heavy atom. The van der Waals surface area contributed by atoms with Crippen molar-refractivity contribution in [3.05, 3.63) is 61.4 Å². The average molecular weight is 381 g/mol. The predicted molar refractivity (Wildman–Crippen MR) is 97.9 cm³/mol. The third kappa shape index (κ3) is 4.28. The normalized spacial score (nSPS) is 14.8. The third-order valence-corrected chi connectivity index (χ3v) is 4.93. The summed E-state index contributed by atoms with van der Waals surface area (Å²) in [7, 11) is 0. The van der Waals surface area contributed by atoms with Crippen LogP contribution in [0.1, 0.15) is 56.7 Å². The van der Waals surface area contributed by atoms with Gasteiger partial charge in [0, 0.05) is 23.9 Å². The molecule has 0 aliphatic heterocycles. The van der Waals surface area contributed by atoms with Crippen LogP contribution >= 0.6 is 0 Å². The van der Waals surface area contributed by atoms with Crippen molar-refractivity contribution in [2.45, 2.75) is 52.3 Å². The van der Waals surface area contributed by atoms with E-state index in [4.69, 9.17) is 0 Å². The molecule has 0 amide bonds. The Hall–Kier alpha value is -2.44. The molecule has 146 valence electrons. The molecule has 7 heteroatoms. The van der Waals surface area contributed by atoms with Crippen molar-refractivity contribution in [3.63, 3.8) is 0 Å². The Balaban J connectivity index is 2.44. The number of aldehydes is 1. The summed E-state index contributed by atoms with van der Waals surface area (Å²) < 4.78 is 38.3. The lowest BCUT2D eigenvalue weighted by Crippen LogP contribution is -2.44. The second-order valence-corrected chi connectivity index (χ2v) is 7.75. The molecule has 0 radical (unpaired) electrons. The maximum Gasteiger partial charge on any atom is 0.416 e. The summed E-state index contributed by atoms with van der Waals surface area (Å²) in [5.74, 6) is -0.760. The van der Waals surface area contributed by atoms with E-state index in [0.29, 0.717) is 11.8 Å². The number of halogens is 3. The number of hydrogen-bond donors (Lipinski definition) is 1. The van der Waals surface area contributed by atoms with Gasteiger partial charge in [0.05, 0.1) is 11.3 Å². The van der Waals surface area contributed by atoms with E-state index in [9.17, 15) is 27.6 Å². The average Bonchev–Trinajstić information content (AvgIpc) is 2.58. The smallest absolute Gasteiger partial charge is 0.378 e. The predicted octanol–water partition coefficient (Wildman–Crippen LogP) is 3.87. The van der Waals surface area contributed by atoms with E-state index in [1.54, 1.807) is 0 Å². The van der Waals surface area contributed by atoms with Crippen molar-refractivity contribution in [3.8, 4) is 0 Å². The molecule has 0 saturated carbocycles. The van der Waals surface area contributed by atoms with Gasteiger partial charge in [0.15, 0.2) is 0 Å². The number of alkyl halides is 3. The van der Waals surface area contributed by atoms with Crippen molar-refractivity contribution < 1.29 is 18.0 Å². The third-order valence-electron chi connectivity index (χ3n) is 4.93. The largest absolute Gasteiger partial charge is 0.416 e. The van der Waals surface area contributed by atoms with E-state index in [1.807, 2.05) is 27.7 Å². The molecule has 2 rings (SSSR count). The number of anilines is 1. The van der Waals surface area contributed by atoms with E-state index in [-0.39, 0.29) is 29.1 Å². The Kier molecular flexibility index (Phi) is 5.63. The van der Waals surface area contributed by atoms with Crippen LogP contribution in [0, 0.1) is 5.41 Å². The first-order valence-corrected chi connectivity index (χ1v) is 8.58. The van der Waals surface area contributed by atoms with Gasteiger partial charge in [0.25, 0.3) is 0 Å². The number of carbonyl (C=O) groups is 1. The molecular formula is C20H22F3NO3. The quantitative estimate of drug-likeness (QED) is 0.610. The number of hydrogen-bond acceptors (Lipinski definition) is 4. The Labute approximate surface area is 155 Å². The van der Waals surface area contributed by atoms with Crippen molar-refractivity contribution >= 4 is 12.0 Å². The number of rotatable bonds is 6. The first-order chi connectivity index (χ1) is 12.4. The summed E-state index contributed by atoms with van der Waals surface area (Å²) in [6, 6.07) is 4.16. The van der Waals surface area contributed by atoms with E-state index in [2.05, 4.69) is 5.32 Å². The Bertz CT molecular complexity index is 885. The molecule has 0 spiro atoms. The Morgan fingerprint density at radius 2 is 1.59 bits per heavy atom. The van der Waals surface area contributed by atoms with E-state index < -0.39 is 28.5 Å². The fourth-order valence-electron chi connectivity index (χ4n) is 2.74. The highest BCUT2D eigenvalue weighted by Crippen LogP contribution is 2.34. The maximum absolute atomic E-state index is 12.8. The van der Waals surface area contributed by atoms with Crippen molar-refractivity contribution in [1.82, 2.24) is 0 Å². The van der Waals surface area contributed by atoms with Crippen LogP contribution in [0.2, 0.25) is 0 Å². The Morgan fingerprint density at radius 3 is 2.04 bits per heavy atom. The molecule has 2 aromatic carbocycles. The van der Waals surface area contributed by atoms with Crippen LogP contribution in [0.3, 0.4) is 0 Å². The molecule has 0 aromatic heterocycles. The fourth-order valence-corrected chi connectivity index (χ4v) is 2.74. The van der Waals surface area contributed by atoms with Crippen LogP contribution in [0.5, 0.6) is 0 Å². The highest BCUT2D eigenvalue weighted by Gasteiger charge is 2.33. The molecule has 4 nitrogen and oxygen atoms in total. The molecule has 0 fully saturated rings. The zero-order chi connectivity index (χ0) is 20.6. The molecule has 1 N–H and O–H groups in total. The second kappa shape index (κ2) is 7.29. The van der Waals surface area contributed by atoms with Gasteiger partial charge in [-0.1, -0.05) is 32.9 Å². The highest BCUT2D eigenvalue weighted by molar-refractivity contribution is 5.64. The van der Waals surface area contributed by atoms with Gasteiger partial charge in [0.1, 0.15) is 6.29 Å². The fraction of sp³-hybridized carbons (Fsp3) is 0.450. The van der Waals surface area contributed by atoms with Gasteiger partial charge < -0.3 is 10.1 Å². The molecule has 0 saturated heterocycles. The van der Waals surface area contributed by atoms with Crippen molar-refractivity contribution in [2.75, 3.05) is 5.32 Å². The summed E-state index contributed by atoms with van der Waals surface area (Å²) in [4.78, 5) is 35.3. The van der Waals surface area contributed by atoms with Crippen LogP contribution in [-0.2, 0) is 11.0 Å². The number of nitrogens with one attached hydrogen (secondary N) is 1.